The van der Waals surface area contributed by atoms with Crippen LogP contribution in [-0.2, 0) is 23.8 Å². The van der Waals surface area contributed by atoms with Gasteiger partial charge in [-0.1, -0.05) is 38.7 Å². The molecule has 1 aliphatic carbocycles. The number of esters is 1. The summed E-state index contributed by atoms with van der Waals surface area (Å²) in [5.74, 6) is -0.0189. The summed E-state index contributed by atoms with van der Waals surface area (Å²) in [5, 5.41) is 21.0. The average Bonchev–Trinajstić information content (AvgIpc) is 2.77. The Labute approximate surface area is 197 Å². The molecule has 0 bridgehead atoms. The molecule has 0 spiro atoms. The topological polar surface area (TPSA) is 102 Å². The van der Waals surface area contributed by atoms with Gasteiger partial charge in [-0.15, -0.1) is 0 Å². The predicted molar refractivity (Wildman–Crippen MR) is 125 cm³/mol. The molecular weight excluding hydrogens is 424 g/mol. The molecule has 2 rings (SSSR count). The molecule has 0 aromatic rings. The number of ether oxygens (including phenoxy) is 3. The van der Waals surface area contributed by atoms with Crippen molar-refractivity contribution in [2.45, 2.75) is 104 Å². The number of hydrogen-bond acceptors (Lipinski definition) is 7. The first-order chi connectivity index (χ1) is 15.4. The van der Waals surface area contributed by atoms with Crippen LogP contribution in [0.15, 0.2) is 36.0 Å². The van der Waals surface area contributed by atoms with Gasteiger partial charge in [0.1, 0.15) is 12.2 Å². The van der Waals surface area contributed by atoms with Crippen molar-refractivity contribution in [2.75, 3.05) is 0 Å². The van der Waals surface area contributed by atoms with Crippen LogP contribution < -0.4 is 0 Å². The number of carbonyl (C=O) groups excluding carboxylic acids is 2. The third-order valence-corrected chi connectivity index (χ3v) is 6.74. The van der Waals surface area contributed by atoms with E-state index >= 15 is 0 Å². The zero-order chi connectivity index (χ0) is 24.9. The lowest BCUT2D eigenvalue weighted by Gasteiger charge is -2.44. The summed E-state index contributed by atoms with van der Waals surface area (Å²) in [6.45, 7) is 15.0. The molecule has 2 N–H and O–H groups in total. The van der Waals surface area contributed by atoms with Crippen LogP contribution in [0, 0.1) is 11.8 Å². The summed E-state index contributed by atoms with van der Waals surface area (Å²) in [6.07, 6.45) is 2.04. The van der Waals surface area contributed by atoms with Gasteiger partial charge < -0.3 is 24.4 Å². The molecule has 7 nitrogen and oxygen atoms in total. The Balaban J connectivity index is 2.35. The number of hydrogen-bond donors (Lipinski definition) is 2. The summed E-state index contributed by atoms with van der Waals surface area (Å²) in [7, 11) is 0. The van der Waals surface area contributed by atoms with Crippen molar-refractivity contribution in [1.82, 2.24) is 0 Å². The Kier molecular flexibility index (Phi) is 9.61. The quantitative estimate of drug-likeness (QED) is 0.364. The number of aliphatic hydroxyl groups excluding tert-OH is 2. The van der Waals surface area contributed by atoms with Gasteiger partial charge in [0.25, 0.3) is 0 Å². The Morgan fingerprint density at radius 1 is 1.30 bits per heavy atom. The zero-order valence-electron chi connectivity index (χ0n) is 20.7. The van der Waals surface area contributed by atoms with Gasteiger partial charge in [0.2, 0.25) is 0 Å². The lowest BCUT2D eigenvalue weighted by Crippen LogP contribution is -2.60. The summed E-state index contributed by atoms with van der Waals surface area (Å²) < 4.78 is 17.7. The fourth-order valence-corrected chi connectivity index (χ4v) is 4.00. The molecule has 1 saturated heterocycles. The number of carbonyl (C=O) groups is 2. The Bertz CT molecular complexity index is 784. The molecule has 1 aliphatic heterocycles. The van der Waals surface area contributed by atoms with E-state index in [0.29, 0.717) is 29.9 Å². The normalized spacial score (nSPS) is 37.7. The van der Waals surface area contributed by atoms with Crippen LogP contribution in [0.3, 0.4) is 0 Å². The first-order valence-electron chi connectivity index (χ1n) is 11.8. The largest absolute Gasteiger partial charge is 0.451 e. The molecule has 1 fully saturated rings. The molecule has 0 amide bonds. The molecule has 2 aliphatic rings. The maximum absolute atomic E-state index is 12.6. The van der Waals surface area contributed by atoms with E-state index in [2.05, 4.69) is 26.5 Å². The van der Waals surface area contributed by atoms with E-state index in [4.69, 9.17) is 14.2 Å². The number of rotatable bonds is 5. The van der Waals surface area contributed by atoms with Crippen LogP contribution in [0.5, 0.6) is 0 Å². The molecular formula is C26H40O7. The molecule has 33 heavy (non-hydrogen) atoms. The van der Waals surface area contributed by atoms with Crippen LogP contribution in [0.2, 0.25) is 0 Å². The van der Waals surface area contributed by atoms with Crippen molar-refractivity contribution in [1.29, 1.82) is 0 Å². The molecule has 7 atom stereocenters. The van der Waals surface area contributed by atoms with E-state index in [1.807, 2.05) is 13.0 Å². The highest BCUT2D eigenvalue weighted by Gasteiger charge is 2.48. The average molecular weight is 465 g/mol. The SMILES string of the molecule is C=C1CC[C@H](C(C)C)/C=C/[C@](C)(O[C@H]2O[C@@H](C)[C@@H](O)[C@@H](O)[C@@H]2OC(=O)/C(C)=C\C)CCC1=O. The van der Waals surface area contributed by atoms with Crippen LogP contribution in [-0.4, -0.2) is 58.3 Å². The van der Waals surface area contributed by atoms with Crippen molar-refractivity contribution in [3.8, 4) is 0 Å². The maximum Gasteiger partial charge on any atom is 0.333 e. The van der Waals surface area contributed by atoms with E-state index in [0.717, 1.165) is 6.42 Å². The first-order valence-corrected chi connectivity index (χ1v) is 11.8. The molecule has 1 heterocycles. The smallest absolute Gasteiger partial charge is 0.333 e. The van der Waals surface area contributed by atoms with Crippen LogP contribution in [0.1, 0.15) is 67.2 Å². The maximum atomic E-state index is 12.6. The highest BCUT2D eigenvalue weighted by molar-refractivity contribution is 5.94. The third kappa shape index (κ3) is 7.09. The summed E-state index contributed by atoms with van der Waals surface area (Å²) in [4.78, 5) is 25.0. The van der Waals surface area contributed by atoms with E-state index in [1.165, 1.54) is 0 Å². The standard InChI is InChI=1S/C26H40O7/c1-8-16(4)24(30)32-23-22(29)21(28)18(6)31-25(23)33-26(7)13-11-19(15(2)3)10-9-17(5)20(27)12-14-26/h8,11,13,15,18-19,21-23,25,28-29H,5,9-10,12,14H2,1-4,6-7H3/b13-11+,16-8-/t18-,19-,21+,22+,23-,25+,26-/m0/s1. The van der Waals surface area contributed by atoms with Gasteiger partial charge in [-0.2, -0.15) is 0 Å². The van der Waals surface area contributed by atoms with Crippen molar-refractivity contribution in [3.63, 3.8) is 0 Å². The third-order valence-electron chi connectivity index (χ3n) is 6.74. The molecule has 7 heteroatoms. The van der Waals surface area contributed by atoms with Gasteiger partial charge in [0.15, 0.2) is 18.2 Å². The summed E-state index contributed by atoms with van der Waals surface area (Å²) >= 11 is 0. The van der Waals surface area contributed by atoms with Gasteiger partial charge in [0, 0.05) is 12.0 Å². The highest BCUT2D eigenvalue weighted by atomic mass is 16.7. The fourth-order valence-electron chi connectivity index (χ4n) is 4.00. The van der Waals surface area contributed by atoms with Gasteiger partial charge >= 0.3 is 5.97 Å². The second kappa shape index (κ2) is 11.6. The molecule has 0 unspecified atom stereocenters. The number of aliphatic hydroxyl groups is 2. The Hall–Kier alpha value is -1.80. The summed E-state index contributed by atoms with van der Waals surface area (Å²) in [6, 6.07) is 0. The van der Waals surface area contributed by atoms with E-state index in [-0.39, 0.29) is 18.1 Å². The molecule has 0 aromatic carbocycles. The monoisotopic (exact) mass is 464 g/mol. The Morgan fingerprint density at radius 3 is 2.58 bits per heavy atom. The lowest BCUT2D eigenvalue weighted by molar-refractivity contribution is -0.315. The second-order valence-electron chi connectivity index (χ2n) is 9.80. The van der Waals surface area contributed by atoms with Crippen LogP contribution in [0.25, 0.3) is 0 Å². The van der Waals surface area contributed by atoms with E-state index < -0.39 is 42.3 Å². The predicted octanol–water partition coefficient (Wildman–Crippen LogP) is 3.63. The second-order valence-corrected chi connectivity index (χ2v) is 9.80. The van der Waals surface area contributed by atoms with Crippen LogP contribution in [0.4, 0.5) is 0 Å². The van der Waals surface area contributed by atoms with E-state index in [1.54, 1.807) is 26.8 Å². The van der Waals surface area contributed by atoms with Crippen molar-refractivity contribution in [3.05, 3.63) is 36.0 Å². The number of Topliss-reactive ketones (excluding diaryl/α,β-unsaturated/α-hetero) is 1. The number of allylic oxidation sites excluding steroid dienone is 3. The van der Waals surface area contributed by atoms with Gasteiger partial charge in [-0.05, 0) is 64.4 Å². The molecule has 0 aromatic heterocycles. The van der Waals surface area contributed by atoms with Crippen LogP contribution >= 0.6 is 0 Å². The minimum atomic E-state index is -1.38. The van der Waals surface area contributed by atoms with E-state index in [9.17, 15) is 19.8 Å². The van der Waals surface area contributed by atoms with Gasteiger partial charge in [-0.25, -0.2) is 4.79 Å². The fraction of sp³-hybridized carbons (Fsp3) is 0.692. The lowest BCUT2D eigenvalue weighted by atomic mass is 9.84. The minimum Gasteiger partial charge on any atom is -0.451 e. The molecule has 0 radical (unpaired) electrons. The zero-order valence-corrected chi connectivity index (χ0v) is 20.7. The first kappa shape index (κ1) is 27.4. The summed E-state index contributed by atoms with van der Waals surface area (Å²) in [5.41, 5.74) is 0.0587. The highest BCUT2D eigenvalue weighted by Crippen LogP contribution is 2.33. The Morgan fingerprint density at radius 2 is 1.97 bits per heavy atom. The van der Waals surface area contributed by atoms with Crippen molar-refractivity contribution in [2.24, 2.45) is 11.8 Å². The van der Waals surface area contributed by atoms with Crippen molar-refractivity contribution < 1.29 is 34.0 Å². The number of ketones is 1. The molecule has 0 saturated carbocycles. The molecule has 186 valence electrons. The van der Waals surface area contributed by atoms with Gasteiger partial charge in [-0.3, -0.25) is 4.79 Å². The van der Waals surface area contributed by atoms with Gasteiger partial charge in [0.05, 0.1) is 11.7 Å². The van der Waals surface area contributed by atoms with Crippen molar-refractivity contribution >= 4 is 11.8 Å². The minimum absolute atomic E-state index is 0.00250.